The molecule has 0 spiro atoms. The molecule has 0 unspecified atom stereocenters. The van der Waals surface area contributed by atoms with E-state index in [1.807, 2.05) is 29.2 Å². The number of piperazine rings is 1. The van der Waals surface area contributed by atoms with Gasteiger partial charge in [-0.15, -0.1) is 0 Å². The van der Waals surface area contributed by atoms with E-state index in [4.69, 9.17) is 4.42 Å². The van der Waals surface area contributed by atoms with Gasteiger partial charge in [0.2, 0.25) is 11.9 Å². The van der Waals surface area contributed by atoms with E-state index >= 15 is 0 Å². The molecular formula is C18H19N5O3. The molecule has 4 rings (SSSR count). The van der Waals surface area contributed by atoms with Gasteiger partial charge in [-0.2, -0.15) is 0 Å². The monoisotopic (exact) mass is 353 g/mol. The SMILES string of the molecule is O=C(CN1CCN(C(=O)c2ccco2)CC1)Nc1nc2ccccc2[nH]1. The minimum absolute atomic E-state index is 0.110. The first-order chi connectivity index (χ1) is 12.7. The molecule has 0 aliphatic carbocycles. The first kappa shape index (κ1) is 16.3. The maximum Gasteiger partial charge on any atom is 0.289 e. The summed E-state index contributed by atoms with van der Waals surface area (Å²) < 4.78 is 5.15. The third-order valence-corrected chi connectivity index (χ3v) is 4.41. The molecule has 1 saturated heterocycles. The van der Waals surface area contributed by atoms with Crippen molar-refractivity contribution >= 4 is 28.8 Å². The van der Waals surface area contributed by atoms with Gasteiger partial charge in [0.15, 0.2) is 5.76 Å². The second-order valence-corrected chi connectivity index (χ2v) is 6.20. The van der Waals surface area contributed by atoms with Gasteiger partial charge in [0, 0.05) is 26.2 Å². The third kappa shape index (κ3) is 3.45. The molecule has 8 nitrogen and oxygen atoms in total. The Kier molecular flexibility index (Phi) is 4.40. The summed E-state index contributed by atoms with van der Waals surface area (Å²) in [6.07, 6.45) is 1.49. The van der Waals surface area contributed by atoms with Gasteiger partial charge in [-0.3, -0.25) is 19.8 Å². The number of furan rings is 1. The van der Waals surface area contributed by atoms with Crippen LogP contribution in [0.15, 0.2) is 47.1 Å². The number of aromatic amines is 1. The van der Waals surface area contributed by atoms with E-state index in [9.17, 15) is 9.59 Å². The summed E-state index contributed by atoms with van der Waals surface area (Å²) in [7, 11) is 0. The Morgan fingerprint density at radius 2 is 1.92 bits per heavy atom. The molecule has 2 aromatic heterocycles. The number of para-hydroxylation sites is 2. The summed E-state index contributed by atoms with van der Waals surface area (Å²) in [4.78, 5) is 35.7. The first-order valence-corrected chi connectivity index (χ1v) is 8.49. The Morgan fingerprint density at radius 1 is 1.12 bits per heavy atom. The van der Waals surface area contributed by atoms with E-state index in [0.29, 0.717) is 37.9 Å². The Morgan fingerprint density at radius 3 is 2.65 bits per heavy atom. The number of fused-ring (bicyclic) bond motifs is 1. The maximum atomic E-state index is 12.3. The number of amides is 2. The van der Waals surface area contributed by atoms with Crippen LogP contribution in [-0.2, 0) is 4.79 Å². The molecule has 0 saturated carbocycles. The van der Waals surface area contributed by atoms with Crippen molar-refractivity contribution in [3.8, 4) is 0 Å². The van der Waals surface area contributed by atoms with Crippen molar-refractivity contribution in [2.75, 3.05) is 38.0 Å². The standard InChI is InChI=1S/C18H19N5O3/c24-16(21-18-19-13-4-1-2-5-14(13)20-18)12-22-7-9-23(10-8-22)17(25)15-6-3-11-26-15/h1-6,11H,7-10,12H2,(H2,19,20,21,24). The number of nitrogens with one attached hydrogen (secondary N) is 2. The molecule has 26 heavy (non-hydrogen) atoms. The van der Waals surface area contributed by atoms with Gasteiger partial charge in [-0.1, -0.05) is 12.1 Å². The van der Waals surface area contributed by atoms with Crippen molar-refractivity contribution in [3.05, 3.63) is 48.4 Å². The zero-order valence-electron chi connectivity index (χ0n) is 14.1. The lowest BCUT2D eigenvalue weighted by Crippen LogP contribution is -2.50. The quantitative estimate of drug-likeness (QED) is 0.742. The predicted molar refractivity (Wildman–Crippen MR) is 95.8 cm³/mol. The Balaban J connectivity index is 1.28. The van der Waals surface area contributed by atoms with Crippen molar-refractivity contribution in [2.45, 2.75) is 0 Å². The highest BCUT2D eigenvalue weighted by molar-refractivity contribution is 5.93. The molecule has 1 aliphatic heterocycles. The number of imidazole rings is 1. The lowest BCUT2D eigenvalue weighted by molar-refractivity contribution is -0.117. The lowest BCUT2D eigenvalue weighted by atomic mass is 10.3. The molecule has 3 heterocycles. The highest BCUT2D eigenvalue weighted by atomic mass is 16.3. The van der Waals surface area contributed by atoms with Crippen LogP contribution in [0.4, 0.5) is 5.95 Å². The number of H-pyrrole nitrogens is 1. The maximum absolute atomic E-state index is 12.3. The molecule has 0 atom stereocenters. The number of aromatic nitrogens is 2. The minimum atomic E-state index is -0.130. The molecule has 8 heteroatoms. The largest absolute Gasteiger partial charge is 0.459 e. The summed E-state index contributed by atoms with van der Waals surface area (Å²) >= 11 is 0. The van der Waals surface area contributed by atoms with E-state index in [-0.39, 0.29) is 18.4 Å². The Hall–Kier alpha value is -3.13. The molecule has 0 bridgehead atoms. The molecule has 2 amide bonds. The average Bonchev–Trinajstić information content (AvgIpc) is 3.31. The van der Waals surface area contributed by atoms with E-state index in [1.165, 1.54) is 6.26 Å². The van der Waals surface area contributed by atoms with Gasteiger partial charge < -0.3 is 14.3 Å². The van der Waals surface area contributed by atoms with Gasteiger partial charge in [-0.25, -0.2) is 4.98 Å². The van der Waals surface area contributed by atoms with Crippen LogP contribution in [0.25, 0.3) is 11.0 Å². The summed E-state index contributed by atoms with van der Waals surface area (Å²) in [5, 5.41) is 2.79. The van der Waals surface area contributed by atoms with Gasteiger partial charge in [0.25, 0.3) is 5.91 Å². The fourth-order valence-corrected chi connectivity index (χ4v) is 3.05. The number of carbonyl (C=O) groups is 2. The fraction of sp³-hybridized carbons (Fsp3) is 0.278. The van der Waals surface area contributed by atoms with Gasteiger partial charge in [-0.05, 0) is 24.3 Å². The smallest absolute Gasteiger partial charge is 0.289 e. The number of hydrogen-bond acceptors (Lipinski definition) is 5. The second kappa shape index (κ2) is 7.01. The fourth-order valence-electron chi connectivity index (χ4n) is 3.05. The van der Waals surface area contributed by atoms with Crippen molar-refractivity contribution < 1.29 is 14.0 Å². The third-order valence-electron chi connectivity index (χ3n) is 4.41. The van der Waals surface area contributed by atoms with Crippen molar-refractivity contribution in [3.63, 3.8) is 0 Å². The summed E-state index contributed by atoms with van der Waals surface area (Å²) in [6.45, 7) is 2.68. The van der Waals surface area contributed by atoms with Crippen LogP contribution in [0.2, 0.25) is 0 Å². The van der Waals surface area contributed by atoms with E-state index in [2.05, 4.69) is 15.3 Å². The van der Waals surface area contributed by atoms with E-state index in [0.717, 1.165) is 11.0 Å². The molecule has 3 aromatic rings. The van der Waals surface area contributed by atoms with Crippen LogP contribution >= 0.6 is 0 Å². The van der Waals surface area contributed by atoms with Crippen molar-refractivity contribution in [1.29, 1.82) is 0 Å². The highest BCUT2D eigenvalue weighted by Gasteiger charge is 2.24. The normalized spacial score (nSPS) is 15.3. The van der Waals surface area contributed by atoms with Crippen molar-refractivity contribution in [2.24, 2.45) is 0 Å². The van der Waals surface area contributed by atoms with Crippen LogP contribution in [0.3, 0.4) is 0 Å². The van der Waals surface area contributed by atoms with Crippen molar-refractivity contribution in [1.82, 2.24) is 19.8 Å². The van der Waals surface area contributed by atoms with E-state index in [1.54, 1.807) is 17.0 Å². The lowest BCUT2D eigenvalue weighted by Gasteiger charge is -2.33. The molecule has 1 fully saturated rings. The van der Waals surface area contributed by atoms with Crippen LogP contribution < -0.4 is 5.32 Å². The number of benzene rings is 1. The van der Waals surface area contributed by atoms with Gasteiger partial charge >= 0.3 is 0 Å². The summed E-state index contributed by atoms with van der Waals surface area (Å²) in [6, 6.07) is 11.0. The molecule has 1 aliphatic rings. The van der Waals surface area contributed by atoms with Crippen LogP contribution in [-0.4, -0.2) is 64.3 Å². The number of nitrogens with zero attached hydrogens (tertiary/aromatic N) is 3. The Bertz CT molecular complexity index is 877. The summed E-state index contributed by atoms with van der Waals surface area (Å²) in [5.74, 6) is 0.556. The number of rotatable bonds is 4. The summed E-state index contributed by atoms with van der Waals surface area (Å²) in [5.41, 5.74) is 1.70. The predicted octanol–water partition coefficient (Wildman–Crippen LogP) is 1.55. The highest BCUT2D eigenvalue weighted by Crippen LogP contribution is 2.13. The zero-order chi connectivity index (χ0) is 17.9. The number of anilines is 1. The Labute approximate surface area is 149 Å². The molecule has 134 valence electrons. The molecular weight excluding hydrogens is 334 g/mol. The van der Waals surface area contributed by atoms with Crippen LogP contribution in [0.1, 0.15) is 10.6 Å². The first-order valence-electron chi connectivity index (χ1n) is 8.49. The average molecular weight is 353 g/mol. The van der Waals surface area contributed by atoms with Gasteiger partial charge in [0.1, 0.15) is 0 Å². The molecule has 1 aromatic carbocycles. The minimum Gasteiger partial charge on any atom is -0.459 e. The van der Waals surface area contributed by atoms with E-state index < -0.39 is 0 Å². The number of hydrogen-bond donors (Lipinski definition) is 2. The molecule has 0 radical (unpaired) electrons. The molecule has 2 N–H and O–H groups in total. The second-order valence-electron chi connectivity index (χ2n) is 6.20. The number of carbonyl (C=O) groups excluding carboxylic acids is 2. The topological polar surface area (TPSA) is 94.5 Å². The van der Waals surface area contributed by atoms with Crippen LogP contribution in [0, 0.1) is 0 Å². The van der Waals surface area contributed by atoms with Crippen LogP contribution in [0.5, 0.6) is 0 Å². The van der Waals surface area contributed by atoms with Gasteiger partial charge in [0.05, 0.1) is 23.8 Å². The zero-order valence-corrected chi connectivity index (χ0v) is 14.1.